The molecule has 0 aromatic heterocycles. The second-order valence-electron chi connectivity index (χ2n) is 4.64. The first-order chi connectivity index (χ1) is 9.09. The highest BCUT2D eigenvalue weighted by Gasteiger charge is 2.32. The molecule has 1 saturated heterocycles. The quantitative estimate of drug-likeness (QED) is 0.915. The van der Waals surface area contributed by atoms with E-state index in [1.54, 1.807) is 0 Å². The molecular formula is C13H18ClN3O2S. The Morgan fingerprint density at radius 3 is 2.50 bits per heavy atom. The van der Waals surface area contributed by atoms with Crippen LogP contribution in [0.25, 0.3) is 0 Å². The summed E-state index contributed by atoms with van der Waals surface area (Å²) in [6, 6.07) is 7.87. The zero-order chi connectivity index (χ0) is 13.9. The molecular weight excluding hydrogens is 298 g/mol. The SMILES string of the molecule is Cl.N#Cc1ccc(S(=O)(=O)N2CCCCC2CN)cc1. The Hall–Kier alpha value is -1.13. The third-order valence-electron chi connectivity index (χ3n) is 3.44. The fourth-order valence-corrected chi connectivity index (χ4v) is 4.07. The summed E-state index contributed by atoms with van der Waals surface area (Å²) in [6.07, 6.45) is 2.69. The number of halogens is 1. The van der Waals surface area contributed by atoms with Gasteiger partial charge in [0, 0.05) is 19.1 Å². The monoisotopic (exact) mass is 315 g/mol. The molecule has 1 aliphatic rings. The van der Waals surface area contributed by atoms with Crippen LogP contribution in [0, 0.1) is 11.3 Å². The van der Waals surface area contributed by atoms with E-state index in [1.165, 1.54) is 28.6 Å². The van der Waals surface area contributed by atoms with Crippen LogP contribution >= 0.6 is 12.4 Å². The van der Waals surface area contributed by atoms with Gasteiger partial charge in [0.05, 0.1) is 16.5 Å². The molecule has 110 valence electrons. The third kappa shape index (κ3) is 3.30. The average Bonchev–Trinajstić information content (AvgIpc) is 2.47. The van der Waals surface area contributed by atoms with Gasteiger partial charge in [0.15, 0.2) is 0 Å². The van der Waals surface area contributed by atoms with Gasteiger partial charge in [-0.2, -0.15) is 9.57 Å². The predicted molar refractivity (Wildman–Crippen MR) is 79.0 cm³/mol. The van der Waals surface area contributed by atoms with Crippen molar-refractivity contribution in [3.8, 4) is 6.07 Å². The van der Waals surface area contributed by atoms with E-state index in [-0.39, 0.29) is 23.3 Å². The van der Waals surface area contributed by atoms with Crippen LogP contribution in [-0.4, -0.2) is 31.9 Å². The lowest BCUT2D eigenvalue weighted by molar-refractivity contribution is 0.257. The molecule has 7 heteroatoms. The second-order valence-corrected chi connectivity index (χ2v) is 6.53. The van der Waals surface area contributed by atoms with Crippen LogP contribution in [0.15, 0.2) is 29.2 Å². The van der Waals surface area contributed by atoms with Crippen LogP contribution in [0.3, 0.4) is 0 Å². The number of benzene rings is 1. The number of hydrogen-bond donors (Lipinski definition) is 1. The second kappa shape index (κ2) is 7.04. The Labute approximate surface area is 125 Å². The standard InChI is InChI=1S/C13H17N3O2S.ClH/c14-9-11-4-6-13(7-5-11)19(17,18)16-8-2-1-3-12(16)10-15;/h4-7,12H,1-3,8,10,15H2;1H. The van der Waals surface area contributed by atoms with Gasteiger partial charge in [-0.25, -0.2) is 8.42 Å². The highest BCUT2D eigenvalue weighted by atomic mass is 35.5. The van der Waals surface area contributed by atoms with E-state index in [2.05, 4.69) is 0 Å². The molecule has 1 aromatic rings. The highest BCUT2D eigenvalue weighted by Crippen LogP contribution is 2.24. The molecule has 2 rings (SSSR count). The van der Waals surface area contributed by atoms with E-state index in [0.717, 1.165) is 19.3 Å². The maximum atomic E-state index is 12.5. The van der Waals surface area contributed by atoms with Gasteiger partial charge in [-0.05, 0) is 37.1 Å². The minimum absolute atomic E-state index is 0. The van der Waals surface area contributed by atoms with Gasteiger partial charge in [-0.1, -0.05) is 6.42 Å². The number of piperidine rings is 1. The lowest BCUT2D eigenvalue weighted by Crippen LogP contribution is -2.47. The molecule has 0 spiro atoms. The van der Waals surface area contributed by atoms with Crippen LogP contribution < -0.4 is 5.73 Å². The number of nitrogens with two attached hydrogens (primary N) is 1. The van der Waals surface area contributed by atoms with Crippen LogP contribution in [0.1, 0.15) is 24.8 Å². The van der Waals surface area contributed by atoms with Crippen LogP contribution in [0.5, 0.6) is 0 Å². The zero-order valence-corrected chi connectivity index (χ0v) is 12.7. The number of sulfonamides is 1. The summed E-state index contributed by atoms with van der Waals surface area (Å²) >= 11 is 0. The third-order valence-corrected chi connectivity index (χ3v) is 5.40. The zero-order valence-electron chi connectivity index (χ0n) is 11.0. The molecule has 0 aliphatic carbocycles. The van der Waals surface area contributed by atoms with Crippen LogP contribution in [-0.2, 0) is 10.0 Å². The van der Waals surface area contributed by atoms with Crippen LogP contribution in [0.2, 0.25) is 0 Å². The maximum Gasteiger partial charge on any atom is 0.243 e. The summed E-state index contributed by atoms with van der Waals surface area (Å²) in [5.41, 5.74) is 6.12. The first-order valence-electron chi connectivity index (χ1n) is 6.31. The minimum atomic E-state index is -3.50. The van der Waals surface area contributed by atoms with E-state index in [0.29, 0.717) is 18.7 Å². The molecule has 0 saturated carbocycles. The van der Waals surface area contributed by atoms with Crippen molar-refractivity contribution in [1.82, 2.24) is 4.31 Å². The summed E-state index contributed by atoms with van der Waals surface area (Å²) in [7, 11) is -3.50. The van der Waals surface area contributed by atoms with Crippen molar-refractivity contribution in [2.24, 2.45) is 5.73 Å². The van der Waals surface area contributed by atoms with Gasteiger partial charge in [0.1, 0.15) is 0 Å². The first-order valence-corrected chi connectivity index (χ1v) is 7.75. The normalized spacial score (nSPS) is 19.9. The molecule has 20 heavy (non-hydrogen) atoms. The molecule has 1 unspecified atom stereocenters. The molecule has 0 radical (unpaired) electrons. The smallest absolute Gasteiger partial charge is 0.243 e. The van der Waals surface area contributed by atoms with Gasteiger partial charge in [-0.15, -0.1) is 12.4 Å². The molecule has 1 atom stereocenters. The van der Waals surface area contributed by atoms with Gasteiger partial charge in [0.25, 0.3) is 0 Å². The van der Waals surface area contributed by atoms with Crippen molar-refractivity contribution >= 4 is 22.4 Å². The molecule has 1 heterocycles. The van der Waals surface area contributed by atoms with Gasteiger partial charge >= 0.3 is 0 Å². The molecule has 5 nitrogen and oxygen atoms in total. The highest BCUT2D eigenvalue weighted by molar-refractivity contribution is 7.89. The molecule has 0 bridgehead atoms. The van der Waals surface area contributed by atoms with Crippen molar-refractivity contribution in [3.05, 3.63) is 29.8 Å². The van der Waals surface area contributed by atoms with Crippen molar-refractivity contribution < 1.29 is 8.42 Å². The van der Waals surface area contributed by atoms with Gasteiger partial charge in [-0.3, -0.25) is 0 Å². The van der Waals surface area contributed by atoms with E-state index in [4.69, 9.17) is 11.0 Å². The lowest BCUT2D eigenvalue weighted by Gasteiger charge is -2.33. The molecule has 2 N–H and O–H groups in total. The number of rotatable bonds is 3. The average molecular weight is 316 g/mol. The van der Waals surface area contributed by atoms with Crippen molar-refractivity contribution in [3.63, 3.8) is 0 Å². The largest absolute Gasteiger partial charge is 0.329 e. The number of nitriles is 1. The van der Waals surface area contributed by atoms with Crippen LogP contribution in [0.4, 0.5) is 0 Å². The van der Waals surface area contributed by atoms with Gasteiger partial charge < -0.3 is 5.73 Å². The Kier molecular flexibility index (Phi) is 5.96. The maximum absolute atomic E-state index is 12.5. The summed E-state index contributed by atoms with van der Waals surface area (Å²) in [5.74, 6) is 0. The Morgan fingerprint density at radius 2 is 1.95 bits per heavy atom. The van der Waals surface area contributed by atoms with E-state index in [1.807, 2.05) is 6.07 Å². The predicted octanol–water partition coefficient (Wildman–Crippen LogP) is 1.48. The summed E-state index contributed by atoms with van der Waals surface area (Å²) in [5, 5.41) is 8.73. The molecule has 1 aromatic carbocycles. The fraction of sp³-hybridized carbons (Fsp3) is 0.462. The molecule has 1 aliphatic heterocycles. The molecule has 1 fully saturated rings. The summed E-state index contributed by atoms with van der Waals surface area (Å²) in [6.45, 7) is 0.861. The Bertz CT molecular complexity index is 581. The molecule has 0 amide bonds. The summed E-state index contributed by atoms with van der Waals surface area (Å²) < 4.78 is 26.6. The van der Waals surface area contributed by atoms with E-state index < -0.39 is 10.0 Å². The van der Waals surface area contributed by atoms with E-state index >= 15 is 0 Å². The van der Waals surface area contributed by atoms with Crippen molar-refractivity contribution in [2.75, 3.05) is 13.1 Å². The van der Waals surface area contributed by atoms with Crippen molar-refractivity contribution in [2.45, 2.75) is 30.2 Å². The fourth-order valence-electron chi connectivity index (χ4n) is 2.36. The van der Waals surface area contributed by atoms with E-state index in [9.17, 15) is 8.42 Å². The number of nitrogens with zero attached hydrogens (tertiary/aromatic N) is 2. The lowest BCUT2D eigenvalue weighted by atomic mass is 10.1. The van der Waals surface area contributed by atoms with Gasteiger partial charge in [0.2, 0.25) is 10.0 Å². The Morgan fingerprint density at radius 1 is 1.30 bits per heavy atom. The topological polar surface area (TPSA) is 87.2 Å². The first kappa shape index (κ1) is 16.9. The summed E-state index contributed by atoms with van der Waals surface area (Å²) in [4.78, 5) is 0.229. The number of hydrogen-bond acceptors (Lipinski definition) is 4. The Balaban J connectivity index is 0.00000200. The van der Waals surface area contributed by atoms with Crippen molar-refractivity contribution in [1.29, 1.82) is 5.26 Å². The minimum Gasteiger partial charge on any atom is -0.329 e.